The largest absolute Gasteiger partial charge is 0.495 e. The van der Waals surface area contributed by atoms with E-state index in [1.54, 1.807) is 43.5 Å². The zero-order valence-corrected chi connectivity index (χ0v) is 11.0. The second kappa shape index (κ2) is 5.51. The summed E-state index contributed by atoms with van der Waals surface area (Å²) in [5.74, 6) is 0.673. The number of hydrogen-bond acceptors (Lipinski definition) is 4. The Morgan fingerprint density at radius 3 is 2.68 bits per heavy atom. The first-order valence-corrected chi connectivity index (χ1v) is 5.92. The molecule has 0 spiro atoms. The lowest BCUT2D eigenvalue weighted by molar-refractivity contribution is 0.417. The number of nitrogens with zero attached hydrogens (tertiary/aromatic N) is 1. The van der Waals surface area contributed by atoms with Crippen LogP contribution < -0.4 is 15.8 Å². The molecule has 0 saturated carbocycles. The number of ether oxygens (including phenoxy) is 1. The van der Waals surface area contributed by atoms with Gasteiger partial charge in [-0.15, -0.1) is 0 Å². The van der Waals surface area contributed by atoms with Gasteiger partial charge in [0, 0.05) is 10.7 Å². The highest BCUT2D eigenvalue weighted by Gasteiger charge is 2.05. The van der Waals surface area contributed by atoms with Crippen LogP contribution in [0.5, 0.6) is 5.75 Å². The Balaban J connectivity index is 2.33. The average molecular weight is 274 g/mol. The average Bonchev–Trinajstić information content (AvgIpc) is 2.39. The topological polar surface area (TPSA) is 71.1 Å². The Morgan fingerprint density at radius 2 is 2.05 bits per heavy atom. The summed E-state index contributed by atoms with van der Waals surface area (Å²) in [5.41, 5.74) is 8.13. The Hall–Kier alpha value is -2.38. The van der Waals surface area contributed by atoms with E-state index in [-0.39, 0.29) is 0 Å². The van der Waals surface area contributed by atoms with Gasteiger partial charge in [-0.05, 0) is 36.4 Å². The highest BCUT2D eigenvalue weighted by Crippen LogP contribution is 2.31. The van der Waals surface area contributed by atoms with Gasteiger partial charge in [-0.25, -0.2) is 0 Å². The molecule has 0 aliphatic carbocycles. The summed E-state index contributed by atoms with van der Waals surface area (Å²) in [7, 11) is 1.58. The fourth-order valence-corrected chi connectivity index (χ4v) is 1.85. The molecule has 0 bridgehead atoms. The molecule has 0 fully saturated rings. The third-order valence-corrected chi connectivity index (χ3v) is 2.85. The Labute approximate surface area is 116 Å². The number of anilines is 3. The number of hydrogen-bond donors (Lipinski definition) is 2. The minimum absolute atomic E-state index is 0.425. The summed E-state index contributed by atoms with van der Waals surface area (Å²) in [6, 6.07) is 12.4. The monoisotopic (exact) mass is 273 g/mol. The number of rotatable bonds is 3. The summed E-state index contributed by atoms with van der Waals surface area (Å²) in [4.78, 5) is 0. The van der Waals surface area contributed by atoms with Crippen LogP contribution in [0.15, 0.2) is 36.4 Å². The number of nitrogen functional groups attached to an aromatic ring is 1. The minimum atomic E-state index is 0.425. The van der Waals surface area contributed by atoms with Crippen LogP contribution in [0.3, 0.4) is 0 Å². The molecule has 5 heteroatoms. The normalized spacial score (nSPS) is 9.74. The van der Waals surface area contributed by atoms with Gasteiger partial charge in [0.1, 0.15) is 11.8 Å². The van der Waals surface area contributed by atoms with Crippen molar-refractivity contribution in [2.75, 3.05) is 18.2 Å². The van der Waals surface area contributed by atoms with Gasteiger partial charge in [0.15, 0.2) is 0 Å². The Bertz CT molecular complexity index is 650. The van der Waals surface area contributed by atoms with Gasteiger partial charge in [0.05, 0.1) is 24.0 Å². The molecule has 2 rings (SSSR count). The third kappa shape index (κ3) is 2.90. The van der Waals surface area contributed by atoms with Gasteiger partial charge in [-0.3, -0.25) is 0 Å². The summed E-state index contributed by atoms with van der Waals surface area (Å²) >= 11 is 5.96. The third-order valence-electron chi connectivity index (χ3n) is 2.61. The molecule has 0 atom stereocenters. The number of nitrogens with two attached hydrogens (primary N) is 1. The first kappa shape index (κ1) is 13.1. The number of methoxy groups -OCH3 is 1. The maximum atomic E-state index is 8.83. The Kier molecular flexibility index (Phi) is 3.79. The molecule has 0 aliphatic rings. The van der Waals surface area contributed by atoms with E-state index in [9.17, 15) is 0 Å². The molecular weight excluding hydrogens is 262 g/mol. The van der Waals surface area contributed by atoms with Crippen LogP contribution in [-0.4, -0.2) is 7.11 Å². The quantitative estimate of drug-likeness (QED) is 0.839. The zero-order chi connectivity index (χ0) is 13.8. The molecule has 0 saturated heterocycles. The fourth-order valence-electron chi connectivity index (χ4n) is 1.68. The van der Waals surface area contributed by atoms with Crippen LogP contribution in [0, 0.1) is 11.3 Å². The number of nitriles is 1. The second-order valence-electron chi connectivity index (χ2n) is 3.88. The summed E-state index contributed by atoms with van der Waals surface area (Å²) in [6.45, 7) is 0. The van der Waals surface area contributed by atoms with Crippen LogP contribution in [0.1, 0.15) is 5.56 Å². The Morgan fingerprint density at radius 1 is 1.26 bits per heavy atom. The molecule has 0 radical (unpaired) electrons. The van der Waals surface area contributed by atoms with Gasteiger partial charge in [0.25, 0.3) is 0 Å². The van der Waals surface area contributed by atoms with Crippen molar-refractivity contribution in [3.8, 4) is 11.8 Å². The summed E-state index contributed by atoms with van der Waals surface area (Å²) < 4.78 is 5.24. The molecular formula is C14H12ClN3O. The molecule has 19 heavy (non-hydrogen) atoms. The van der Waals surface area contributed by atoms with Gasteiger partial charge < -0.3 is 15.8 Å². The minimum Gasteiger partial charge on any atom is -0.495 e. The van der Waals surface area contributed by atoms with Crippen molar-refractivity contribution in [1.29, 1.82) is 5.26 Å². The molecule has 4 nitrogen and oxygen atoms in total. The molecule has 96 valence electrons. The highest BCUT2D eigenvalue weighted by atomic mass is 35.5. The van der Waals surface area contributed by atoms with Crippen LogP contribution in [0.2, 0.25) is 5.02 Å². The van der Waals surface area contributed by atoms with Gasteiger partial charge in [0.2, 0.25) is 0 Å². The second-order valence-corrected chi connectivity index (χ2v) is 4.32. The van der Waals surface area contributed by atoms with Crippen LogP contribution in [-0.2, 0) is 0 Å². The zero-order valence-electron chi connectivity index (χ0n) is 10.3. The molecule has 0 unspecified atom stereocenters. The molecule has 0 amide bonds. The first-order chi connectivity index (χ1) is 9.13. The number of nitrogens with one attached hydrogen (secondary N) is 1. The molecule has 0 heterocycles. The maximum Gasteiger partial charge on any atom is 0.142 e. The smallest absolute Gasteiger partial charge is 0.142 e. The molecule has 0 aliphatic heterocycles. The first-order valence-electron chi connectivity index (χ1n) is 5.54. The lowest BCUT2D eigenvalue weighted by Gasteiger charge is -2.12. The van der Waals surface area contributed by atoms with Gasteiger partial charge in [-0.1, -0.05) is 11.6 Å². The highest BCUT2D eigenvalue weighted by molar-refractivity contribution is 6.31. The van der Waals surface area contributed by atoms with Crippen molar-refractivity contribution in [3.63, 3.8) is 0 Å². The SMILES string of the molecule is COc1ccc(Cl)cc1Nc1ccc(C#N)c(N)c1. The standard InChI is InChI=1S/C14H12ClN3O/c1-19-14-5-3-10(15)6-13(14)18-11-4-2-9(8-16)12(17)7-11/h2-7,18H,17H2,1H3. The lowest BCUT2D eigenvalue weighted by Crippen LogP contribution is -1.97. The molecule has 3 N–H and O–H groups in total. The van der Waals surface area contributed by atoms with Crippen molar-refractivity contribution in [3.05, 3.63) is 47.0 Å². The summed E-state index contributed by atoms with van der Waals surface area (Å²) in [5, 5.41) is 12.6. The summed E-state index contributed by atoms with van der Waals surface area (Å²) in [6.07, 6.45) is 0. The van der Waals surface area contributed by atoms with Crippen molar-refractivity contribution in [2.45, 2.75) is 0 Å². The van der Waals surface area contributed by atoms with E-state index in [1.807, 2.05) is 6.07 Å². The van der Waals surface area contributed by atoms with E-state index in [4.69, 9.17) is 27.3 Å². The van der Waals surface area contributed by atoms with Crippen molar-refractivity contribution >= 4 is 28.7 Å². The number of halogens is 1. The van der Waals surface area contributed by atoms with E-state index in [2.05, 4.69) is 5.32 Å². The van der Waals surface area contributed by atoms with Crippen LogP contribution in [0.25, 0.3) is 0 Å². The van der Waals surface area contributed by atoms with E-state index in [0.29, 0.717) is 22.0 Å². The van der Waals surface area contributed by atoms with Crippen molar-refractivity contribution in [2.24, 2.45) is 0 Å². The predicted molar refractivity (Wildman–Crippen MR) is 76.9 cm³/mol. The van der Waals surface area contributed by atoms with Crippen molar-refractivity contribution < 1.29 is 4.74 Å². The maximum absolute atomic E-state index is 8.83. The van der Waals surface area contributed by atoms with Crippen molar-refractivity contribution in [1.82, 2.24) is 0 Å². The van der Waals surface area contributed by atoms with E-state index < -0.39 is 0 Å². The molecule has 2 aromatic rings. The van der Waals surface area contributed by atoms with Gasteiger partial charge in [-0.2, -0.15) is 5.26 Å². The van der Waals surface area contributed by atoms with Gasteiger partial charge >= 0.3 is 0 Å². The van der Waals surface area contributed by atoms with E-state index in [1.165, 1.54) is 0 Å². The lowest BCUT2D eigenvalue weighted by atomic mass is 10.1. The molecule has 2 aromatic carbocycles. The fraction of sp³-hybridized carbons (Fsp3) is 0.0714. The van der Waals surface area contributed by atoms with E-state index >= 15 is 0 Å². The predicted octanol–water partition coefficient (Wildman–Crippen LogP) is 3.55. The van der Waals surface area contributed by atoms with Crippen LogP contribution >= 0.6 is 11.6 Å². The van der Waals surface area contributed by atoms with E-state index in [0.717, 1.165) is 11.4 Å². The molecule has 0 aromatic heterocycles. The van der Waals surface area contributed by atoms with Crippen LogP contribution in [0.4, 0.5) is 17.1 Å². The number of benzene rings is 2.